The number of rotatable bonds is 6. The highest BCUT2D eigenvalue weighted by molar-refractivity contribution is 7.98. The minimum Gasteiger partial charge on any atom is -0.326 e. The Kier molecular flexibility index (Phi) is 6.85. The Morgan fingerprint density at radius 2 is 1.86 bits per heavy atom. The molecule has 0 saturated heterocycles. The van der Waals surface area contributed by atoms with Crippen molar-refractivity contribution in [2.75, 3.05) is 10.6 Å². The van der Waals surface area contributed by atoms with Crippen molar-refractivity contribution in [3.05, 3.63) is 82.8 Å². The molecule has 1 aromatic heterocycles. The average Bonchev–Trinajstić information content (AvgIpc) is 2.70. The van der Waals surface area contributed by atoms with Crippen LogP contribution in [0.25, 0.3) is 0 Å². The summed E-state index contributed by atoms with van der Waals surface area (Å²) in [6.07, 6.45) is 1.61. The lowest BCUT2D eigenvalue weighted by Gasteiger charge is -2.12. The van der Waals surface area contributed by atoms with Gasteiger partial charge in [-0.05, 0) is 48.0 Å². The van der Waals surface area contributed by atoms with Crippen molar-refractivity contribution in [3.8, 4) is 0 Å². The van der Waals surface area contributed by atoms with Crippen LogP contribution in [0.15, 0.2) is 65.8 Å². The van der Waals surface area contributed by atoms with Gasteiger partial charge in [0.1, 0.15) is 10.8 Å². The number of pyridine rings is 1. The van der Waals surface area contributed by atoms with E-state index in [-0.39, 0.29) is 17.6 Å². The molecule has 0 bridgehead atoms. The van der Waals surface area contributed by atoms with E-state index in [1.807, 2.05) is 0 Å². The van der Waals surface area contributed by atoms with Crippen LogP contribution in [0.5, 0.6) is 0 Å². The summed E-state index contributed by atoms with van der Waals surface area (Å²) in [5, 5.41) is 6.30. The molecule has 5 nitrogen and oxygen atoms in total. The molecule has 0 spiro atoms. The molecule has 0 unspecified atom stereocenters. The quantitative estimate of drug-likeness (QED) is 0.516. The van der Waals surface area contributed by atoms with Crippen molar-refractivity contribution >= 4 is 46.6 Å². The predicted molar refractivity (Wildman–Crippen MR) is 114 cm³/mol. The molecule has 1 heterocycles. The number of carbonyl (C=O) groups excluding carboxylic acids is 2. The van der Waals surface area contributed by atoms with Crippen LogP contribution in [0.2, 0.25) is 5.02 Å². The largest absolute Gasteiger partial charge is 0.326 e. The third-order valence-corrected chi connectivity index (χ3v) is 5.25. The molecule has 0 saturated carbocycles. The molecule has 0 atom stereocenters. The SMILES string of the molecule is CC(=O)Nc1ccc(Cl)c(NC(=O)c2cccnc2SCc2ccc(F)cc2)c1. The van der Waals surface area contributed by atoms with Gasteiger partial charge in [-0.1, -0.05) is 23.7 Å². The lowest BCUT2D eigenvalue weighted by Crippen LogP contribution is -2.14. The van der Waals surface area contributed by atoms with Crippen LogP contribution in [0.4, 0.5) is 15.8 Å². The van der Waals surface area contributed by atoms with E-state index < -0.39 is 0 Å². The highest BCUT2D eigenvalue weighted by Gasteiger charge is 2.15. The standard InChI is InChI=1S/C21H17ClFN3O2S/c1-13(27)25-16-8-9-18(22)19(11-16)26-20(28)17-3-2-10-24-21(17)29-12-14-4-6-15(23)7-5-14/h2-11H,12H2,1H3,(H,25,27)(H,26,28). The first-order chi connectivity index (χ1) is 13.9. The Labute approximate surface area is 176 Å². The van der Waals surface area contributed by atoms with Crippen molar-refractivity contribution < 1.29 is 14.0 Å². The van der Waals surface area contributed by atoms with Crippen molar-refractivity contribution in [2.45, 2.75) is 17.7 Å². The van der Waals surface area contributed by atoms with Gasteiger partial charge in [-0.25, -0.2) is 9.37 Å². The minimum absolute atomic E-state index is 0.226. The zero-order chi connectivity index (χ0) is 20.8. The topological polar surface area (TPSA) is 71.1 Å². The first-order valence-corrected chi connectivity index (χ1v) is 9.99. The van der Waals surface area contributed by atoms with Gasteiger partial charge in [-0.15, -0.1) is 11.8 Å². The molecule has 0 radical (unpaired) electrons. The summed E-state index contributed by atoms with van der Waals surface area (Å²) in [7, 11) is 0. The van der Waals surface area contributed by atoms with Crippen LogP contribution in [0, 0.1) is 5.82 Å². The summed E-state index contributed by atoms with van der Waals surface area (Å²) in [4.78, 5) is 28.4. The molecule has 0 fully saturated rings. The summed E-state index contributed by atoms with van der Waals surface area (Å²) in [6, 6.07) is 14.3. The number of aromatic nitrogens is 1. The van der Waals surface area contributed by atoms with Gasteiger partial charge in [0.05, 0.1) is 16.3 Å². The third-order valence-electron chi connectivity index (χ3n) is 3.84. The maximum Gasteiger partial charge on any atom is 0.258 e. The molecule has 0 aliphatic heterocycles. The first kappa shape index (κ1) is 20.8. The Balaban J connectivity index is 1.76. The predicted octanol–water partition coefficient (Wildman–Crippen LogP) is 5.38. The zero-order valence-corrected chi connectivity index (χ0v) is 17.0. The van der Waals surface area contributed by atoms with Crippen LogP contribution >= 0.6 is 23.4 Å². The van der Waals surface area contributed by atoms with Crippen molar-refractivity contribution in [1.82, 2.24) is 4.98 Å². The number of anilines is 2. The second-order valence-electron chi connectivity index (χ2n) is 6.10. The number of benzene rings is 2. The van der Waals surface area contributed by atoms with Crippen molar-refractivity contribution in [3.63, 3.8) is 0 Å². The van der Waals surface area contributed by atoms with E-state index in [9.17, 15) is 14.0 Å². The van der Waals surface area contributed by atoms with Gasteiger partial charge in [0.15, 0.2) is 0 Å². The maximum atomic E-state index is 13.1. The molecule has 3 aromatic rings. The van der Waals surface area contributed by atoms with Crippen LogP contribution in [-0.4, -0.2) is 16.8 Å². The molecule has 0 aliphatic rings. The van der Waals surface area contributed by atoms with Crippen LogP contribution < -0.4 is 10.6 Å². The van der Waals surface area contributed by atoms with E-state index in [0.29, 0.717) is 32.7 Å². The molecule has 29 heavy (non-hydrogen) atoms. The van der Waals surface area contributed by atoms with Crippen molar-refractivity contribution in [2.24, 2.45) is 0 Å². The number of nitrogens with zero attached hydrogens (tertiary/aromatic N) is 1. The van der Waals surface area contributed by atoms with Gasteiger partial charge in [-0.2, -0.15) is 0 Å². The first-order valence-electron chi connectivity index (χ1n) is 8.63. The maximum absolute atomic E-state index is 13.1. The van der Waals surface area contributed by atoms with Crippen LogP contribution in [0.3, 0.4) is 0 Å². The molecule has 8 heteroatoms. The Morgan fingerprint density at radius 3 is 2.59 bits per heavy atom. The van der Waals surface area contributed by atoms with E-state index in [1.165, 1.54) is 30.8 Å². The summed E-state index contributed by atoms with van der Waals surface area (Å²) < 4.78 is 13.1. The van der Waals surface area contributed by atoms with Gasteiger partial charge in [0, 0.05) is 24.6 Å². The molecule has 2 aromatic carbocycles. The van der Waals surface area contributed by atoms with E-state index in [4.69, 9.17) is 11.6 Å². The molecule has 2 amide bonds. The molecular formula is C21H17ClFN3O2S. The van der Waals surface area contributed by atoms with E-state index in [1.54, 1.807) is 48.7 Å². The Hall–Kier alpha value is -2.90. The van der Waals surface area contributed by atoms with E-state index in [2.05, 4.69) is 15.6 Å². The zero-order valence-electron chi connectivity index (χ0n) is 15.4. The molecule has 3 rings (SSSR count). The van der Waals surface area contributed by atoms with Gasteiger partial charge in [0.25, 0.3) is 5.91 Å². The normalized spacial score (nSPS) is 10.4. The van der Waals surface area contributed by atoms with Crippen molar-refractivity contribution in [1.29, 1.82) is 0 Å². The summed E-state index contributed by atoms with van der Waals surface area (Å²) >= 11 is 7.56. The van der Waals surface area contributed by atoms with E-state index >= 15 is 0 Å². The Morgan fingerprint density at radius 1 is 1.10 bits per heavy atom. The fraction of sp³-hybridized carbons (Fsp3) is 0.0952. The number of halogens is 2. The van der Waals surface area contributed by atoms with Crippen LogP contribution in [0.1, 0.15) is 22.8 Å². The number of hydrogen-bond donors (Lipinski definition) is 2. The second kappa shape index (κ2) is 9.54. The number of hydrogen-bond acceptors (Lipinski definition) is 4. The minimum atomic E-state index is -0.374. The molecule has 0 aliphatic carbocycles. The highest BCUT2D eigenvalue weighted by Crippen LogP contribution is 2.28. The van der Waals surface area contributed by atoms with E-state index in [0.717, 1.165) is 5.56 Å². The molecule has 148 valence electrons. The lowest BCUT2D eigenvalue weighted by molar-refractivity contribution is -0.114. The molecule has 2 N–H and O–H groups in total. The molecular weight excluding hydrogens is 413 g/mol. The smallest absolute Gasteiger partial charge is 0.258 e. The highest BCUT2D eigenvalue weighted by atomic mass is 35.5. The van der Waals surface area contributed by atoms with Gasteiger partial charge >= 0.3 is 0 Å². The lowest BCUT2D eigenvalue weighted by atomic mass is 10.2. The Bertz CT molecular complexity index is 1040. The van der Waals surface area contributed by atoms with Gasteiger partial charge < -0.3 is 10.6 Å². The summed E-state index contributed by atoms with van der Waals surface area (Å²) in [6.45, 7) is 1.40. The van der Waals surface area contributed by atoms with Gasteiger partial charge in [0.2, 0.25) is 5.91 Å². The number of thioether (sulfide) groups is 1. The fourth-order valence-electron chi connectivity index (χ4n) is 2.50. The van der Waals surface area contributed by atoms with Gasteiger partial charge in [-0.3, -0.25) is 9.59 Å². The third kappa shape index (κ3) is 5.79. The average molecular weight is 430 g/mol. The number of nitrogens with one attached hydrogen (secondary N) is 2. The monoisotopic (exact) mass is 429 g/mol. The summed E-state index contributed by atoms with van der Waals surface area (Å²) in [5.74, 6) is -0.357. The number of carbonyl (C=O) groups is 2. The summed E-state index contributed by atoms with van der Waals surface area (Å²) in [5.41, 5.74) is 2.20. The van der Waals surface area contributed by atoms with Crippen LogP contribution in [-0.2, 0) is 10.5 Å². The second-order valence-corrected chi connectivity index (χ2v) is 7.47. The number of amides is 2. The fourth-order valence-corrected chi connectivity index (χ4v) is 3.61.